The minimum Gasteiger partial charge on any atom is -0.225 e. The predicted octanol–water partition coefficient (Wildman–Crippen LogP) is 2.88. The largest absolute Gasteiger partial charge is 0.261 e. The molecule has 0 aliphatic heterocycles. The van der Waals surface area contributed by atoms with E-state index in [4.69, 9.17) is 22.3 Å². The number of thiazole rings is 1. The molecule has 0 radical (unpaired) electrons. The summed E-state index contributed by atoms with van der Waals surface area (Å²) in [5.41, 5.74) is 0.670. The van der Waals surface area contributed by atoms with E-state index in [2.05, 4.69) is 4.98 Å². The van der Waals surface area contributed by atoms with Gasteiger partial charge in [0, 0.05) is 10.7 Å². The SMILES string of the molecule is O=S(=O)(Cl)c1ccc2nc(Cl)sc2c1. The zero-order valence-corrected chi connectivity index (χ0v) is 9.71. The summed E-state index contributed by atoms with van der Waals surface area (Å²) in [6, 6.07) is 4.44. The number of halogens is 2. The molecule has 1 aromatic heterocycles. The van der Waals surface area contributed by atoms with E-state index in [1.165, 1.54) is 23.5 Å². The Hall–Kier alpha value is -0.360. The van der Waals surface area contributed by atoms with Crippen molar-refractivity contribution < 1.29 is 8.42 Å². The van der Waals surface area contributed by atoms with Gasteiger partial charge >= 0.3 is 0 Å². The number of benzene rings is 1. The topological polar surface area (TPSA) is 47.0 Å². The molecule has 0 unspecified atom stereocenters. The van der Waals surface area contributed by atoms with Gasteiger partial charge in [-0.15, -0.1) is 11.3 Å². The highest BCUT2D eigenvalue weighted by Gasteiger charge is 2.11. The molecule has 1 aromatic carbocycles. The fourth-order valence-electron chi connectivity index (χ4n) is 1.03. The van der Waals surface area contributed by atoms with Crippen LogP contribution in [0.3, 0.4) is 0 Å². The van der Waals surface area contributed by atoms with Gasteiger partial charge in [0.1, 0.15) is 0 Å². The van der Waals surface area contributed by atoms with Crippen molar-refractivity contribution in [1.82, 2.24) is 4.98 Å². The molecule has 0 aliphatic rings. The van der Waals surface area contributed by atoms with Gasteiger partial charge in [-0.1, -0.05) is 11.6 Å². The molecule has 14 heavy (non-hydrogen) atoms. The first-order chi connectivity index (χ1) is 6.47. The molecule has 74 valence electrons. The fraction of sp³-hybridized carbons (Fsp3) is 0. The van der Waals surface area contributed by atoms with Crippen LogP contribution < -0.4 is 0 Å². The Morgan fingerprint density at radius 2 is 2.07 bits per heavy atom. The highest BCUT2D eigenvalue weighted by Crippen LogP contribution is 2.28. The molecule has 0 atom stereocenters. The van der Waals surface area contributed by atoms with Gasteiger partial charge in [-0.05, 0) is 18.2 Å². The Bertz CT molecular complexity index is 591. The van der Waals surface area contributed by atoms with E-state index in [0.717, 1.165) is 0 Å². The molecule has 1 heterocycles. The highest BCUT2D eigenvalue weighted by atomic mass is 35.7. The van der Waals surface area contributed by atoms with Crippen molar-refractivity contribution in [2.75, 3.05) is 0 Å². The number of hydrogen-bond donors (Lipinski definition) is 0. The normalized spacial score (nSPS) is 12.1. The summed E-state index contributed by atoms with van der Waals surface area (Å²) in [5, 5.41) is 0. The lowest BCUT2D eigenvalue weighted by molar-refractivity contribution is 0.609. The van der Waals surface area contributed by atoms with Crippen LogP contribution in [0, 0.1) is 0 Å². The molecule has 0 amide bonds. The van der Waals surface area contributed by atoms with Crippen molar-refractivity contribution in [3.63, 3.8) is 0 Å². The van der Waals surface area contributed by atoms with Crippen LogP contribution in [0.2, 0.25) is 4.47 Å². The third-order valence-corrected chi connectivity index (χ3v) is 4.09. The first-order valence-electron chi connectivity index (χ1n) is 3.47. The van der Waals surface area contributed by atoms with E-state index in [1.54, 1.807) is 6.07 Å². The smallest absolute Gasteiger partial charge is 0.225 e. The fourth-order valence-corrected chi connectivity index (χ4v) is 2.95. The van der Waals surface area contributed by atoms with E-state index in [-0.39, 0.29) is 4.90 Å². The second-order valence-corrected chi connectivity index (χ2v) is 6.71. The van der Waals surface area contributed by atoms with Crippen molar-refractivity contribution in [2.45, 2.75) is 4.90 Å². The van der Waals surface area contributed by atoms with Crippen LogP contribution in [0.1, 0.15) is 0 Å². The van der Waals surface area contributed by atoms with Crippen LogP contribution in [-0.4, -0.2) is 13.4 Å². The van der Waals surface area contributed by atoms with E-state index < -0.39 is 9.05 Å². The van der Waals surface area contributed by atoms with Crippen LogP contribution in [0.4, 0.5) is 0 Å². The summed E-state index contributed by atoms with van der Waals surface area (Å²) >= 11 is 6.89. The zero-order valence-electron chi connectivity index (χ0n) is 6.57. The standard InChI is InChI=1S/C7H3Cl2NO2S2/c8-7-10-5-2-1-4(14(9,11)12)3-6(5)13-7/h1-3H. The summed E-state index contributed by atoms with van der Waals surface area (Å²) in [6.45, 7) is 0. The van der Waals surface area contributed by atoms with Gasteiger partial charge in [0.15, 0.2) is 4.47 Å². The van der Waals surface area contributed by atoms with Crippen molar-refractivity contribution in [3.8, 4) is 0 Å². The first kappa shape index (κ1) is 10.2. The molecule has 0 fully saturated rings. The summed E-state index contributed by atoms with van der Waals surface area (Å²) in [5.74, 6) is 0. The minimum absolute atomic E-state index is 0.0620. The molecule has 2 rings (SSSR count). The van der Waals surface area contributed by atoms with E-state index in [9.17, 15) is 8.42 Å². The van der Waals surface area contributed by atoms with Crippen molar-refractivity contribution in [3.05, 3.63) is 22.7 Å². The van der Waals surface area contributed by atoms with Gasteiger partial charge in [-0.3, -0.25) is 0 Å². The molecule has 0 aliphatic carbocycles. The summed E-state index contributed by atoms with van der Waals surface area (Å²) in [4.78, 5) is 4.04. The molecule has 2 aromatic rings. The summed E-state index contributed by atoms with van der Waals surface area (Å²) in [6.07, 6.45) is 0. The first-order valence-corrected chi connectivity index (χ1v) is 6.98. The van der Waals surface area contributed by atoms with Crippen molar-refractivity contribution >= 4 is 52.9 Å². The van der Waals surface area contributed by atoms with Gasteiger partial charge in [-0.2, -0.15) is 0 Å². The lowest BCUT2D eigenvalue weighted by atomic mass is 10.3. The Morgan fingerprint density at radius 1 is 1.36 bits per heavy atom. The third kappa shape index (κ3) is 1.86. The lowest BCUT2D eigenvalue weighted by Crippen LogP contribution is -1.88. The third-order valence-electron chi connectivity index (χ3n) is 1.62. The predicted molar refractivity (Wildman–Crippen MR) is 57.7 cm³/mol. The van der Waals surface area contributed by atoms with Crippen LogP contribution in [0.15, 0.2) is 23.1 Å². The Labute approximate surface area is 93.7 Å². The van der Waals surface area contributed by atoms with E-state index >= 15 is 0 Å². The quantitative estimate of drug-likeness (QED) is 0.747. The van der Waals surface area contributed by atoms with Crippen LogP contribution >= 0.6 is 33.6 Å². The van der Waals surface area contributed by atoms with Crippen LogP contribution in [-0.2, 0) is 9.05 Å². The minimum atomic E-state index is -3.68. The summed E-state index contributed by atoms with van der Waals surface area (Å²) < 4.78 is 23.1. The second-order valence-electron chi connectivity index (χ2n) is 2.53. The molecule has 0 saturated carbocycles. The Kier molecular flexibility index (Phi) is 2.43. The van der Waals surface area contributed by atoms with E-state index in [0.29, 0.717) is 14.7 Å². The molecule has 0 bridgehead atoms. The van der Waals surface area contributed by atoms with E-state index in [1.807, 2.05) is 0 Å². The zero-order chi connectivity index (χ0) is 10.3. The van der Waals surface area contributed by atoms with Crippen LogP contribution in [0.25, 0.3) is 10.2 Å². The number of aromatic nitrogens is 1. The molecule has 3 nitrogen and oxygen atoms in total. The van der Waals surface area contributed by atoms with Crippen molar-refractivity contribution in [1.29, 1.82) is 0 Å². The highest BCUT2D eigenvalue weighted by molar-refractivity contribution is 8.13. The van der Waals surface area contributed by atoms with Gasteiger partial charge in [0.25, 0.3) is 9.05 Å². The molecular weight excluding hydrogens is 265 g/mol. The number of rotatable bonds is 1. The summed E-state index contributed by atoms with van der Waals surface area (Å²) in [7, 11) is 1.51. The average Bonchev–Trinajstić information content (AvgIpc) is 2.41. The van der Waals surface area contributed by atoms with Gasteiger partial charge < -0.3 is 0 Å². The number of nitrogens with zero attached hydrogens (tertiary/aromatic N) is 1. The van der Waals surface area contributed by atoms with Gasteiger partial charge in [0.2, 0.25) is 0 Å². The number of fused-ring (bicyclic) bond motifs is 1. The maximum absolute atomic E-state index is 11.0. The van der Waals surface area contributed by atoms with Gasteiger partial charge in [-0.25, -0.2) is 13.4 Å². The maximum atomic E-state index is 11.0. The maximum Gasteiger partial charge on any atom is 0.261 e. The Balaban J connectivity index is 2.74. The average molecular weight is 268 g/mol. The van der Waals surface area contributed by atoms with Gasteiger partial charge in [0.05, 0.1) is 15.1 Å². The lowest BCUT2D eigenvalue weighted by Gasteiger charge is -1.93. The van der Waals surface area contributed by atoms with Crippen LogP contribution in [0.5, 0.6) is 0 Å². The molecule has 0 spiro atoms. The number of hydrogen-bond acceptors (Lipinski definition) is 4. The molecular formula is C7H3Cl2NO2S2. The molecule has 0 N–H and O–H groups in total. The molecule has 7 heteroatoms. The Morgan fingerprint density at radius 3 is 2.71 bits per heavy atom. The monoisotopic (exact) mass is 267 g/mol. The second kappa shape index (κ2) is 3.34. The molecule has 0 saturated heterocycles. The van der Waals surface area contributed by atoms with Crippen molar-refractivity contribution in [2.24, 2.45) is 0 Å².